The minimum atomic E-state index is -0.693. The van der Waals surface area contributed by atoms with E-state index in [0.717, 1.165) is 0 Å². The van der Waals surface area contributed by atoms with E-state index in [1.54, 1.807) is 42.5 Å². The average molecular weight is 416 g/mol. The minimum absolute atomic E-state index is 0.303. The van der Waals surface area contributed by atoms with Gasteiger partial charge in [0.15, 0.2) is 11.9 Å². The van der Waals surface area contributed by atoms with Crippen molar-refractivity contribution in [3.05, 3.63) is 82.8 Å². The molecule has 0 saturated heterocycles. The number of nitrogens with one attached hydrogen (secondary N) is 1. The van der Waals surface area contributed by atoms with Crippen molar-refractivity contribution >= 4 is 34.8 Å². The van der Waals surface area contributed by atoms with E-state index in [4.69, 9.17) is 32.7 Å². The third kappa shape index (κ3) is 5.41. The van der Waals surface area contributed by atoms with Crippen LogP contribution >= 0.6 is 23.2 Å². The van der Waals surface area contributed by atoms with Crippen LogP contribution in [0.25, 0.3) is 0 Å². The fourth-order valence-corrected chi connectivity index (χ4v) is 2.90. The highest BCUT2D eigenvalue weighted by Crippen LogP contribution is 2.32. The van der Waals surface area contributed by atoms with E-state index >= 15 is 0 Å². The number of rotatable bonds is 7. The van der Waals surface area contributed by atoms with Crippen LogP contribution in [0.15, 0.2) is 72.8 Å². The van der Waals surface area contributed by atoms with Crippen LogP contribution in [0.5, 0.6) is 17.2 Å². The molecule has 144 valence electrons. The van der Waals surface area contributed by atoms with Gasteiger partial charge in [-0.2, -0.15) is 0 Å². The minimum Gasteiger partial charge on any atom is -0.481 e. The zero-order chi connectivity index (χ0) is 19.9. The molecule has 6 heteroatoms. The fourth-order valence-electron chi connectivity index (χ4n) is 2.54. The number of amides is 1. The quantitative estimate of drug-likeness (QED) is 0.473. The highest BCUT2D eigenvalue weighted by Gasteiger charge is 2.20. The van der Waals surface area contributed by atoms with Crippen molar-refractivity contribution in [3.8, 4) is 17.2 Å². The topological polar surface area (TPSA) is 47.6 Å². The van der Waals surface area contributed by atoms with Gasteiger partial charge in [0.25, 0.3) is 5.91 Å². The molecular formula is C22H19Cl2NO3. The number of halogens is 2. The molecule has 0 unspecified atom stereocenters. The lowest BCUT2D eigenvalue weighted by atomic mass is 10.2. The molecule has 0 saturated carbocycles. The molecule has 1 atom stereocenters. The number of anilines is 1. The molecule has 0 radical (unpaired) electrons. The summed E-state index contributed by atoms with van der Waals surface area (Å²) in [5, 5.41) is 3.88. The van der Waals surface area contributed by atoms with E-state index in [1.807, 2.05) is 37.3 Å². The van der Waals surface area contributed by atoms with Gasteiger partial charge in [-0.25, -0.2) is 0 Å². The van der Waals surface area contributed by atoms with Gasteiger partial charge in [-0.3, -0.25) is 4.79 Å². The second-order valence-corrected chi connectivity index (χ2v) is 6.89. The normalized spacial score (nSPS) is 11.5. The molecule has 0 fully saturated rings. The SMILES string of the molecule is CC[C@H](Oc1cccc(Cl)c1)C(=O)Nc1cc(Cl)ccc1Oc1ccccc1. The van der Waals surface area contributed by atoms with Crippen molar-refractivity contribution in [2.75, 3.05) is 5.32 Å². The van der Waals surface area contributed by atoms with Gasteiger partial charge < -0.3 is 14.8 Å². The molecule has 0 aliphatic rings. The maximum absolute atomic E-state index is 12.8. The fraction of sp³-hybridized carbons (Fsp3) is 0.136. The van der Waals surface area contributed by atoms with Crippen LogP contribution in [-0.4, -0.2) is 12.0 Å². The van der Waals surface area contributed by atoms with E-state index in [-0.39, 0.29) is 5.91 Å². The first-order valence-corrected chi connectivity index (χ1v) is 9.56. The molecule has 3 rings (SSSR count). The van der Waals surface area contributed by atoms with Gasteiger partial charge >= 0.3 is 0 Å². The summed E-state index contributed by atoms with van der Waals surface area (Å²) in [7, 11) is 0. The summed E-state index contributed by atoms with van der Waals surface area (Å²) in [6.45, 7) is 1.87. The Kier molecular flexibility index (Phi) is 6.80. The number of carbonyl (C=O) groups is 1. The molecule has 28 heavy (non-hydrogen) atoms. The van der Waals surface area contributed by atoms with E-state index in [2.05, 4.69) is 5.32 Å². The zero-order valence-electron chi connectivity index (χ0n) is 15.2. The maximum Gasteiger partial charge on any atom is 0.265 e. The number of para-hydroxylation sites is 1. The molecule has 0 heterocycles. The maximum atomic E-state index is 12.8. The van der Waals surface area contributed by atoms with Crippen molar-refractivity contribution in [2.24, 2.45) is 0 Å². The van der Waals surface area contributed by atoms with Crippen molar-refractivity contribution < 1.29 is 14.3 Å². The van der Waals surface area contributed by atoms with Crippen LogP contribution in [0.3, 0.4) is 0 Å². The van der Waals surface area contributed by atoms with Crippen molar-refractivity contribution in [2.45, 2.75) is 19.4 Å². The van der Waals surface area contributed by atoms with Crippen molar-refractivity contribution in [1.82, 2.24) is 0 Å². The second-order valence-electron chi connectivity index (χ2n) is 6.02. The molecule has 3 aromatic carbocycles. The Hall–Kier alpha value is -2.69. The summed E-state index contributed by atoms with van der Waals surface area (Å²) in [5.74, 6) is 1.37. The summed E-state index contributed by atoms with van der Waals surface area (Å²) in [6.07, 6.45) is -0.213. The zero-order valence-corrected chi connectivity index (χ0v) is 16.7. The Morgan fingerprint density at radius 3 is 2.36 bits per heavy atom. The van der Waals surface area contributed by atoms with Crippen LogP contribution < -0.4 is 14.8 Å². The first-order valence-electron chi connectivity index (χ1n) is 8.80. The second kappa shape index (κ2) is 9.49. The molecule has 0 aliphatic heterocycles. The summed E-state index contributed by atoms with van der Waals surface area (Å²) in [5.41, 5.74) is 0.467. The van der Waals surface area contributed by atoms with Gasteiger partial charge in [-0.15, -0.1) is 0 Å². The first kappa shape index (κ1) is 20.1. The summed E-state index contributed by atoms with van der Waals surface area (Å²) >= 11 is 12.1. The number of benzene rings is 3. The number of ether oxygens (including phenoxy) is 2. The van der Waals surface area contributed by atoms with Crippen molar-refractivity contribution in [1.29, 1.82) is 0 Å². The van der Waals surface area contributed by atoms with E-state index in [0.29, 0.717) is 39.4 Å². The Morgan fingerprint density at radius 2 is 1.64 bits per heavy atom. The largest absolute Gasteiger partial charge is 0.481 e. The molecule has 0 bridgehead atoms. The molecule has 1 N–H and O–H groups in total. The van der Waals surface area contributed by atoms with E-state index in [9.17, 15) is 4.79 Å². The van der Waals surface area contributed by atoms with E-state index in [1.165, 1.54) is 0 Å². The Morgan fingerprint density at radius 1 is 0.929 bits per heavy atom. The Bertz CT molecular complexity index is 948. The van der Waals surface area contributed by atoms with Gasteiger partial charge in [0, 0.05) is 10.0 Å². The number of hydrogen-bond acceptors (Lipinski definition) is 3. The number of hydrogen-bond donors (Lipinski definition) is 1. The average Bonchev–Trinajstić information content (AvgIpc) is 2.69. The van der Waals surface area contributed by atoms with Crippen LogP contribution in [-0.2, 0) is 4.79 Å². The molecule has 0 aromatic heterocycles. The molecule has 1 amide bonds. The van der Waals surface area contributed by atoms with Crippen LogP contribution in [0.4, 0.5) is 5.69 Å². The molecule has 4 nitrogen and oxygen atoms in total. The lowest BCUT2D eigenvalue weighted by Gasteiger charge is -2.19. The Labute approximate surface area is 174 Å². The van der Waals surface area contributed by atoms with Gasteiger partial charge in [0.05, 0.1) is 5.69 Å². The molecule has 3 aromatic rings. The van der Waals surface area contributed by atoms with Crippen LogP contribution in [0.1, 0.15) is 13.3 Å². The molecule has 0 spiro atoms. The summed E-state index contributed by atoms with van der Waals surface area (Å²) in [6, 6.07) is 21.3. The summed E-state index contributed by atoms with van der Waals surface area (Å²) < 4.78 is 11.7. The van der Waals surface area contributed by atoms with Gasteiger partial charge in [0.1, 0.15) is 11.5 Å². The smallest absolute Gasteiger partial charge is 0.265 e. The number of carbonyl (C=O) groups excluding carboxylic acids is 1. The van der Waals surface area contributed by atoms with Crippen LogP contribution in [0.2, 0.25) is 10.0 Å². The van der Waals surface area contributed by atoms with Crippen molar-refractivity contribution in [3.63, 3.8) is 0 Å². The van der Waals surface area contributed by atoms with Gasteiger partial charge in [-0.1, -0.05) is 54.4 Å². The lowest BCUT2D eigenvalue weighted by molar-refractivity contribution is -0.122. The Balaban J connectivity index is 1.77. The lowest BCUT2D eigenvalue weighted by Crippen LogP contribution is -2.32. The first-order chi connectivity index (χ1) is 13.5. The van der Waals surface area contributed by atoms with Crippen LogP contribution in [0, 0.1) is 0 Å². The predicted octanol–water partition coefficient (Wildman–Crippen LogP) is 6.58. The van der Waals surface area contributed by atoms with Gasteiger partial charge in [-0.05, 0) is 55.0 Å². The third-order valence-electron chi connectivity index (χ3n) is 3.91. The van der Waals surface area contributed by atoms with E-state index < -0.39 is 6.10 Å². The molecule has 0 aliphatic carbocycles. The summed E-state index contributed by atoms with van der Waals surface area (Å²) in [4.78, 5) is 12.8. The third-order valence-corrected chi connectivity index (χ3v) is 4.38. The standard InChI is InChI=1S/C22H19Cl2NO3/c1-2-20(28-18-10-6-7-15(23)13-18)22(26)25-19-14-16(24)11-12-21(19)27-17-8-4-3-5-9-17/h3-14,20H,2H2,1H3,(H,25,26)/t20-/m0/s1. The molecular weight excluding hydrogens is 397 g/mol. The highest BCUT2D eigenvalue weighted by atomic mass is 35.5. The van der Waals surface area contributed by atoms with Gasteiger partial charge in [0.2, 0.25) is 0 Å². The predicted molar refractivity (Wildman–Crippen MR) is 113 cm³/mol. The highest BCUT2D eigenvalue weighted by molar-refractivity contribution is 6.31. The monoisotopic (exact) mass is 415 g/mol.